The molecule has 0 aliphatic rings. The van der Waals surface area contributed by atoms with Crippen LogP contribution in [0.4, 0.5) is 0 Å². The van der Waals surface area contributed by atoms with Crippen molar-refractivity contribution in [2.24, 2.45) is 0 Å². The lowest BCUT2D eigenvalue weighted by Crippen LogP contribution is -1.76. The monoisotopic (exact) mass is 270 g/mol. The van der Waals surface area contributed by atoms with Gasteiger partial charge in [0.05, 0.1) is 0 Å². The Morgan fingerprint density at radius 1 is 1.43 bits per heavy atom. The summed E-state index contributed by atoms with van der Waals surface area (Å²) in [6.45, 7) is 2.18. The topological polar surface area (TPSA) is 0 Å². The molecule has 0 N–H and O–H groups in total. The number of halogens is 1. The van der Waals surface area contributed by atoms with Crippen molar-refractivity contribution in [2.45, 2.75) is 18.2 Å². The van der Waals surface area contributed by atoms with Crippen molar-refractivity contribution in [1.82, 2.24) is 0 Å². The molecule has 0 saturated heterocycles. The van der Waals surface area contributed by atoms with Crippen LogP contribution in [0.5, 0.6) is 0 Å². The summed E-state index contributed by atoms with van der Waals surface area (Å²) in [7, 11) is 0. The predicted molar refractivity (Wildman–Crippen MR) is 70.3 cm³/mol. The van der Waals surface area contributed by atoms with Gasteiger partial charge in [0.25, 0.3) is 0 Å². The summed E-state index contributed by atoms with van der Waals surface area (Å²) in [5.41, 5.74) is 1.30. The summed E-state index contributed by atoms with van der Waals surface area (Å²) >= 11 is 5.29. The Bertz CT molecular complexity index is 294. The van der Waals surface area contributed by atoms with Crippen LogP contribution in [0.15, 0.2) is 35.2 Å². The van der Waals surface area contributed by atoms with Crippen molar-refractivity contribution in [3.63, 3.8) is 0 Å². The SMILES string of the molecule is CCSc1cccc(C=CCCBr)c1. The Morgan fingerprint density at radius 2 is 2.29 bits per heavy atom. The van der Waals surface area contributed by atoms with E-state index in [2.05, 4.69) is 59.3 Å². The molecule has 0 unspecified atom stereocenters. The van der Waals surface area contributed by atoms with E-state index < -0.39 is 0 Å². The highest BCUT2D eigenvalue weighted by atomic mass is 79.9. The van der Waals surface area contributed by atoms with Crippen LogP contribution in [0.1, 0.15) is 18.9 Å². The van der Waals surface area contributed by atoms with E-state index in [0.29, 0.717) is 0 Å². The maximum Gasteiger partial charge on any atom is 0.00777 e. The second-order valence-electron chi connectivity index (χ2n) is 2.89. The molecule has 0 fully saturated rings. The van der Waals surface area contributed by atoms with Gasteiger partial charge in [-0.2, -0.15) is 0 Å². The number of thioether (sulfide) groups is 1. The second kappa shape index (κ2) is 7.13. The summed E-state index contributed by atoms with van der Waals surface area (Å²) in [4.78, 5) is 1.36. The Balaban J connectivity index is 2.63. The first kappa shape index (κ1) is 11.9. The van der Waals surface area contributed by atoms with Crippen LogP contribution < -0.4 is 0 Å². The van der Waals surface area contributed by atoms with Gasteiger partial charge in [0.1, 0.15) is 0 Å². The molecule has 0 aliphatic carbocycles. The highest BCUT2D eigenvalue weighted by molar-refractivity contribution is 9.09. The highest BCUT2D eigenvalue weighted by Gasteiger charge is 1.91. The van der Waals surface area contributed by atoms with Crippen molar-refractivity contribution in [3.05, 3.63) is 35.9 Å². The van der Waals surface area contributed by atoms with Gasteiger partial charge in [-0.15, -0.1) is 11.8 Å². The minimum atomic E-state index is 1.03. The molecule has 1 aromatic carbocycles. The van der Waals surface area contributed by atoms with Gasteiger partial charge in [-0.3, -0.25) is 0 Å². The number of rotatable bonds is 5. The normalized spacial score (nSPS) is 11.0. The maximum atomic E-state index is 3.41. The average Bonchev–Trinajstić information content (AvgIpc) is 2.19. The van der Waals surface area contributed by atoms with Gasteiger partial charge in [-0.1, -0.05) is 47.1 Å². The molecular weight excluding hydrogens is 256 g/mol. The lowest BCUT2D eigenvalue weighted by atomic mass is 10.2. The van der Waals surface area contributed by atoms with E-state index in [9.17, 15) is 0 Å². The first-order valence-electron chi connectivity index (χ1n) is 4.82. The van der Waals surface area contributed by atoms with Crippen LogP contribution in [0.25, 0.3) is 6.08 Å². The van der Waals surface area contributed by atoms with Gasteiger partial charge in [0.2, 0.25) is 0 Å². The molecule has 0 nitrogen and oxygen atoms in total. The molecule has 2 heteroatoms. The van der Waals surface area contributed by atoms with Crippen molar-refractivity contribution in [3.8, 4) is 0 Å². The lowest BCUT2D eigenvalue weighted by Gasteiger charge is -1.99. The fraction of sp³-hybridized carbons (Fsp3) is 0.333. The van der Waals surface area contributed by atoms with Gasteiger partial charge in [-0.25, -0.2) is 0 Å². The van der Waals surface area contributed by atoms with Crippen LogP contribution in [-0.4, -0.2) is 11.1 Å². The summed E-state index contributed by atoms with van der Waals surface area (Å²) in [6, 6.07) is 8.66. The molecule has 0 radical (unpaired) electrons. The Hall–Kier alpha value is -0.210. The minimum Gasteiger partial charge on any atom is -0.126 e. The van der Waals surface area contributed by atoms with E-state index in [4.69, 9.17) is 0 Å². The zero-order chi connectivity index (χ0) is 10.2. The van der Waals surface area contributed by atoms with Crippen LogP contribution in [0.3, 0.4) is 0 Å². The average molecular weight is 271 g/mol. The number of alkyl halides is 1. The molecule has 0 aromatic heterocycles. The zero-order valence-electron chi connectivity index (χ0n) is 8.37. The summed E-state index contributed by atoms with van der Waals surface area (Å²) in [5, 5.41) is 1.03. The number of benzene rings is 1. The van der Waals surface area contributed by atoms with Crippen LogP contribution >= 0.6 is 27.7 Å². The second-order valence-corrected chi connectivity index (χ2v) is 5.02. The summed E-state index contributed by atoms with van der Waals surface area (Å²) < 4.78 is 0. The van der Waals surface area contributed by atoms with Gasteiger partial charge in [-0.05, 0) is 29.9 Å². The van der Waals surface area contributed by atoms with Crippen molar-refractivity contribution < 1.29 is 0 Å². The zero-order valence-corrected chi connectivity index (χ0v) is 10.8. The van der Waals surface area contributed by atoms with Crippen LogP contribution in [0.2, 0.25) is 0 Å². The highest BCUT2D eigenvalue weighted by Crippen LogP contribution is 2.19. The first-order valence-corrected chi connectivity index (χ1v) is 6.93. The lowest BCUT2D eigenvalue weighted by molar-refractivity contribution is 1.27. The Kier molecular flexibility index (Phi) is 6.04. The van der Waals surface area contributed by atoms with Gasteiger partial charge < -0.3 is 0 Å². The smallest absolute Gasteiger partial charge is 0.00777 e. The van der Waals surface area contributed by atoms with E-state index in [1.165, 1.54) is 10.5 Å². The van der Waals surface area contributed by atoms with Crippen LogP contribution in [0, 0.1) is 0 Å². The molecule has 14 heavy (non-hydrogen) atoms. The largest absolute Gasteiger partial charge is 0.126 e. The van der Waals surface area contributed by atoms with Crippen molar-refractivity contribution in [2.75, 3.05) is 11.1 Å². The molecule has 0 amide bonds. The first-order chi connectivity index (χ1) is 6.86. The molecule has 0 bridgehead atoms. The number of allylic oxidation sites excluding steroid dienone is 1. The van der Waals surface area contributed by atoms with Crippen LogP contribution in [-0.2, 0) is 0 Å². The van der Waals surface area contributed by atoms with Gasteiger partial charge >= 0.3 is 0 Å². The quantitative estimate of drug-likeness (QED) is 0.557. The molecule has 0 heterocycles. The standard InChI is InChI=1S/C12H15BrS/c1-2-14-12-8-5-7-11(10-12)6-3-4-9-13/h3,5-8,10H,2,4,9H2,1H3. The van der Waals surface area contributed by atoms with Crippen molar-refractivity contribution >= 4 is 33.8 Å². The third-order valence-electron chi connectivity index (χ3n) is 1.76. The molecule has 0 spiro atoms. The number of hydrogen-bond acceptors (Lipinski definition) is 1. The number of hydrogen-bond donors (Lipinski definition) is 0. The molecular formula is C12H15BrS. The van der Waals surface area contributed by atoms with Crippen molar-refractivity contribution in [1.29, 1.82) is 0 Å². The third-order valence-corrected chi connectivity index (χ3v) is 3.09. The maximum absolute atomic E-state index is 3.41. The van der Waals surface area contributed by atoms with E-state index in [0.717, 1.165) is 17.5 Å². The predicted octanol–water partition coefficient (Wildman–Crippen LogP) is 4.60. The van der Waals surface area contributed by atoms with E-state index in [1.807, 2.05) is 11.8 Å². The molecule has 0 saturated carbocycles. The van der Waals surface area contributed by atoms with E-state index >= 15 is 0 Å². The van der Waals surface area contributed by atoms with Gasteiger partial charge in [0.15, 0.2) is 0 Å². The molecule has 76 valence electrons. The third kappa shape index (κ3) is 4.34. The molecule has 1 rings (SSSR count). The summed E-state index contributed by atoms with van der Waals surface area (Å²) in [6.07, 6.45) is 5.47. The molecule has 0 aliphatic heterocycles. The minimum absolute atomic E-state index is 1.03. The summed E-state index contributed by atoms with van der Waals surface area (Å²) in [5.74, 6) is 1.13. The fourth-order valence-electron chi connectivity index (χ4n) is 1.16. The Morgan fingerprint density at radius 3 is 3.00 bits per heavy atom. The van der Waals surface area contributed by atoms with E-state index in [1.54, 1.807) is 0 Å². The van der Waals surface area contributed by atoms with E-state index in [-0.39, 0.29) is 0 Å². The Labute approximate surface area is 98.9 Å². The fourth-order valence-corrected chi connectivity index (χ4v) is 2.15. The molecule has 0 atom stereocenters. The molecule has 1 aromatic rings. The van der Waals surface area contributed by atoms with Gasteiger partial charge in [0, 0.05) is 10.2 Å².